The van der Waals surface area contributed by atoms with Crippen LogP contribution < -0.4 is 0 Å². The Balaban J connectivity index is 1.91. The van der Waals surface area contributed by atoms with Gasteiger partial charge in [-0.2, -0.15) is 8.78 Å². The Bertz CT molecular complexity index is 276. The summed E-state index contributed by atoms with van der Waals surface area (Å²) in [5, 5.41) is 0. The summed E-state index contributed by atoms with van der Waals surface area (Å²) < 4.78 is 34.5. The van der Waals surface area contributed by atoms with Crippen LogP contribution in [0, 0.1) is 0 Å². The molecule has 0 saturated carbocycles. The molecule has 2 atom stereocenters. The summed E-state index contributed by atoms with van der Waals surface area (Å²) in [6.45, 7) is 3.25. The minimum absolute atomic E-state index is 0.0837. The van der Waals surface area contributed by atoms with Gasteiger partial charge in [0.15, 0.2) is 0 Å². The molecule has 0 N–H and O–H groups in total. The van der Waals surface area contributed by atoms with Crippen LogP contribution in [0.1, 0.15) is 39.5 Å². The van der Waals surface area contributed by atoms with Crippen molar-refractivity contribution in [2.75, 3.05) is 19.8 Å². The predicted molar refractivity (Wildman–Crippen MR) is 64.7 cm³/mol. The number of nitrogens with zero attached hydrogens (tertiary/aromatic N) is 1. The molecule has 0 aliphatic carbocycles. The molecule has 2 saturated heterocycles. The van der Waals surface area contributed by atoms with E-state index in [1.165, 1.54) is 0 Å². The summed E-state index contributed by atoms with van der Waals surface area (Å²) in [6, 6.07) is 0.136. The van der Waals surface area contributed by atoms with Crippen LogP contribution in [-0.4, -0.2) is 49.0 Å². The average Bonchev–Trinajstić information content (AvgIpc) is 2.82. The van der Waals surface area contributed by atoms with E-state index >= 15 is 0 Å². The third kappa shape index (κ3) is 3.00. The SMILES string of the molecule is CC(C)OC[C@]12CCCN1[C@@H](COC(F)F)CC2. The molecule has 0 unspecified atom stereocenters. The molecule has 2 rings (SSSR count). The van der Waals surface area contributed by atoms with E-state index in [0.717, 1.165) is 38.8 Å². The van der Waals surface area contributed by atoms with Crippen LogP contribution in [0.3, 0.4) is 0 Å². The Morgan fingerprint density at radius 3 is 2.72 bits per heavy atom. The first-order chi connectivity index (χ1) is 8.53. The summed E-state index contributed by atoms with van der Waals surface area (Å²) in [4.78, 5) is 2.35. The number of hydrogen-bond acceptors (Lipinski definition) is 3. The topological polar surface area (TPSA) is 21.7 Å². The zero-order chi connectivity index (χ0) is 13.2. The zero-order valence-corrected chi connectivity index (χ0v) is 11.2. The lowest BCUT2D eigenvalue weighted by Crippen LogP contribution is -2.47. The molecule has 2 heterocycles. The predicted octanol–water partition coefficient (Wildman–Crippen LogP) is 2.65. The summed E-state index contributed by atoms with van der Waals surface area (Å²) in [5.41, 5.74) is 0.0837. The first-order valence-corrected chi connectivity index (χ1v) is 6.82. The molecule has 0 radical (unpaired) electrons. The Morgan fingerprint density at radius 2 is 2.06 bits per heavy atom. The Hall–Kier alpha value is -0.260. The number of fused-ring (bicyclic) bond motifs is 1. The second kappa shape index (κ2) is 5.80. The van der Waals surface area contributed by atoms with Crippen molar-refractivity contribution >= 4 is 0 Å². The van der Waals surface area contributed by atoms with Crippen molar-refractivity contribution in [2.45, 2.75) is 63.8 Å². The highest BCUT2D eigenvalue weighted by atomic mass is 19.3. The molecule has 2 aliphatic rings. The highest BCUT2D eigenvalue weighted by Gasteiger charge is 2.49. The molecule has 0 amide bonds. The quantitative estimate of drug-likeness (QED) is 0.735. The molecule has 0 aromatic rings. The van der Waals surface area contributed by atoms with Crippen LogP contribution in [0.15, 0.2) is 0 Å². The van der Waals surface area contributed by atoms with Crippen LogP contribution >= 0.6 is 0 Å². The number of ether oxygens (including phenoxy) is 2. The number of rotatable bonds is 6. The van der Waals surface area contributed by atoms with Crippen molar-refractivity contribution in [3.8, 4) is 0 Å². The third-order valence-corrected chi connectivity index (χ3v) is 4.13. The van der Waals surface area contributed by atoms with E-state index in [2.05, 4.69) is 9.64 Å². The Kier molecular flexibility index (Phi) is 4.56. The van der Waals surface area contributed by atoms with Crippen LogP contribution in [-0.2, 0) is 9.47 Å². The van der Waals surface area contributed by atoms with Crippen LogP contribution in [0.25, 0.3) is 0 Å². The van der Waals surface area contributed by atoms with Gasteiger partial charge in [-0.15, -0.1) is 0 Å². The van der Waals surface area contributed by atoms with Gasteiger partial charge < -0.3 is 9.47 Å². The highest BCUT2D eigenvalue weighted by Crippen LogP contribution is 2.42. The number of hydrogen-bond donors (Lipinski definition) is 0. The van der Waals surface area contributed by atoms with Gasteiger partial charge in [0.2, 0.25) is 0 Å². The largest absolute Gasteiger partial charge is 0.377 e. The van der Waals surface area contributed by atoms with Crippen molar-refractivity contribution in [3.05, 3.63) is 0 Å². The van der Waals surface area contributed by atoms with E-state index in [9.17, 15) is 8.78 Å². The highest BCUT2D eigenvalue weighted by molar-refractivity contribution is 5.04. The minimum atomic E-state index is -2.66. The smallest absolute Gasteiger partial charge is 0.345 e. The second-order valence-corrected chi connectivity index (χ2v) is 5.67. The maximum Gasteiger partial charge on any atom is 0.345 e. The molecule has 2 aliphatic heterocycles. The fraction of sp³-hybridized carbons (Fsp3) is 1.00. The molecule has 0 aromatic carbocycles. The van der Waals surface area contributed by atoms with Crippen LogP contribution in [0.2, 0.25) is 0 Å². The van der Waals surface area contributed by atoms with Gasteiger partial charge in [0, 0.05) is 11.6 Å². The molecule has 5 heteroatoms. The molecule has 2 fully saturated rings. The fourth-order valence-electron chi connectivity index (χ4n) is 3.29. The summed E-state index contributed by atoms with van der Waals surface area (Å²) in [5.74, 6) is 0. The van der Waals surface area contributed by atoms with E-state index < -0.39 is 6.61 Å². The van der Waals surface area contributed by atoms with E-state index in [0.29, 0.717) is 0 Å². The van der Waals surface area contributed by atoms with Crippen molar-refractivity contribution < 1.29 is 18.3 Å². The molecular formula is C13H23F2NO2. The molecule has 0 bridgehead atoms. The van der Waals surface area contributed by atoms with Gasteiger partial charge in [-0.25, -0.2) is 0 Å². The lowest BCUT2D eigenvalue weighted by molar-refractivity contribution is -0.141. The van der Waals surface area contributed by atoms with Gasteiger partial charge in [0.1, 0.15) is 0 Å². The number of alkyl halides is 2. The molecule has 0 spiro atoms. The van der Waals surface area contributed by atoms with E-state index in [1.807, 2.05) is 13.8 Å². The van der Waals surface area contributed by atoms with E-state index in [4.69, 9.17) is 4.74 Å². The monoisotopic (exact) mass is 263 g/mol. The molecule has 3 nitrogen and oxygen atoms in total. The van der Waals surface area contributed by atoms with Crippen molar-refractivity contribution in [1.82, 2.24) is 4.90 Å². The molecule has 18 heavy (non-hydrogen) atoms. The lowest BCUT2D eigenvalue weighted by Gasteiger charge is -2.35. The van der Waals surface area contributed by atoms with Gasteiger partial charge >= 0.3 is 6.61 Å². The molecule has 106 valence electrons. The van der Waals surface area contributed by atoms with Gasteiger partial charge in [-0.1, -0.05) is 0 Å². The van der Waals surface area contributed by atoms with Crippen molar-refractivity contribution in [2.24, 2.45) is 0 Å². The maximum absolute atomic E-state index is 12.1. The zero-order valence-electron chi connectivity index (χ0n) is 11.2. The number of halogens is 2. The van der Waals surface area contributed by atoms with Gasteiger partial charge in [-0.3, -0.25) is 4.90 Å². The first-order valence-electron chi connectivity index (χ1n) is 6.82. The first kappa shape index (κ1) is 14.2. The van der Waals surface area contributed by atoms with Crippen LogP contribution in [0.4, 0.5) is 8.78 Å². The van der Waals surface area contributed by atoms with Crippen molar-refractivity contribution in [3.63, 3.8) is 0 Å². The van der Waals surface area contributed by atoms with Gasteiger partial charge in [-0.05, 0) is 46.1 Å². The third-order valence-electron chi connectivity index (χ3n) is 4.13. The Morgan fingerprint density at radius 1 is 1.28 bits per heavy atom. The Labute approximate surface area is 107 Å². The fourth-order valence-corrected chi connectivity index (χ4v) is 3.29. The molecule has 0 aromatic heterocycles. The van der Waals surface area contributed by atoms with Gasteiger partial charge in [0.05, 0.1) is 19.3 Å². The standard InChI is InChI=1S/C13H23F2NO2/c1-10(2)18-9-13-5-3-7-16(13)11(4-6-13)8-17-12(14)15/h10-12H,3-9H2,1-2H3/t11-,13-/m1/s1. The molecular weight excluding hydrogens is 240 g/mol. The summed E-state index contributed by atoms with van der Waals surface area (Å²) >= 11 is 0. The van der Waals surface area contributed by atoms with Crippen molar-refractivity contribution in [1.29, 1.82) is 0 Å². The second-order valence-electron chi connectivity index (χ2n) is 5.67. The van der Waals surface area contributed by atoms with Gasteiger partial charge in [0.25, 0.3) is 0 Å². The van der Waals surface area contributed by atoms with E-state index in [-0.39, 0.29) is 24.3 Å². The summed E-state index contributed by atoms with van der Waals surface area (Å²) in [6.07, 6.45) is 4.45. The van der Waals surface area contributed by atoms with Crippen LogP contribution in [0.5, 0.6) is 0 Å². The summed E-state index contributed by atoms with van der Waals surface area (Å²) in [7, 11) is 0. The maximum atomic E-state index is 12.1. The lowest BCUT2D eigenvalue weighted by atomic mass is 9.95. The normalized spacial score (nSPS) is 32.7. The minimum Gasteiger partial charge on any atom is -0.377 e. The van der Waals surface area contributed by atoms with E-state index in [1.54, 1.807) is 0 Å². The average molecular weight is 263 g/mol.